The lowest BCUT2D eigenvalue weighted by Crippen LogP contribution is -2.69. The molecule has 2 heterocycles. The first kappa shape index (κ1) is 14.1. The number of hydrogen-bond acceptors (Lipinski definition) is 3. The summed E-state index contributed by atoms with van der Waals surface area (Å²) in [6, 6.07) is -0.424. The third-order valence-corrected chi connectivity index (χ3v) is 4.84. The van der Waals surface area contributed by atoms with Gasteiger partial charge in [0.05, 0.1) is 0 Å². The molecule has 1 N–H and O–H groups in total. The first-order valence-corrected chi connectivity index (χ1v) is 7.65. The van der Waals surface area contributed by atoms with E-state index >= 15 is 0 Å². The number of hydrogen-bond donors (Lipinski definition) is 1. The van der Waals surface area contributed by atoms with Gasteiger partial charge in [0.2, 0.25) is 11.8 Å². The van der Waals surface area contributed by atoms with E-state index in [1.165, 1.54) is 0 Å². The lowest BCUT2D eigenvalue weighted by atomic mass is 9.89. The lowest BCUT2D eigenvalue weighted by molar-refractivity contribution is -0.157. The van der Waals surface area contributed by atoms with Gasteiger partial charge in [0.1, 0.15) is 17.4 Å². The van der Waals surface area contributed by atoms with Crippen LogP contribution in [0.4, 0.5) is 0 Å². The number of aromatic nitrogens is 2. The number of nitrogens with one attached hydrogen (secondary N) is 1. The van der Waals surface area contributed by atoms with Crippen molar-refractivity contribution >= 4 is 11.8 Å². The number of imidazole rings is 1. The molecule has 1 saturated carbocycles. The predicted molar refractivity (Wildman–Crippen MR) is 77.5 cm³/mol. The van der Waals surface area contributed by atoms with Crippen LogP contribution >= 0.6 is 0 Å². The van der Waals surface area contributed by atoms with Crippen LogP contribution in [0.3, 0.4) is 0 Å². The number of piperazine rings is 1. The fourth-order valence-electron chi connectivity index (χ4n) is 3.59. The summed E-state index contributed by atoms with van der Waals surface area (Å²) in [4.78, 5) is 31.1. The number of carbonyl (C=O) groups is 2. The highest BCUT2D eigenvalue weighted by atomic mass is 16.2. The van der Waals surface area contributed by atoms with Gasteiger partial charge in [0.15, 0.2) is 0 Å². The number of nitrogens with zero attached hydrogens (tertiary/aromatic N) is 3. The molecule has 21 heavy (non-hydrogen) atoms. The third-order valence-electron chi connectivity index (χ3n) is 4.84. The largest absolute Gasteiger partial charge is 0.343 e. The van der Waals surface area contributed by atoms with Crippen molar-refractivity contribution in [3.63, 3.8) is 0 Å². The molecule has 1 aromatic rings. The van der Waals surface area contributed by atoms with Crippen LogP contribution in [0, 0.1) is 6.92 Å². The Morgan fingerprint density at radius 2 is 2.05 bits per heavy atom. The summed E-state index contributed by atoms with van der Waals surface area (Å²) in [7, 11) is 0. The highest BCUT2D eigenvalue weighted by molar-refractivity contribution is 5.99. The van der Waals surface area contributed by atoms with E-state index in [1.807, 2.05) is 22.6 Å². The summed E-state index contributed by atoms with van der Waals surface area (Å²) in [5.74, 6) is 0.987. The van der Waals surface area contributed by atoms with Crippen LogP contribution in [0.5, 0.6) is 0 Å². The SMILES string of the molecule is Cc1nccn1CCN1C(=O)C(C)NC(=O)C12CCCC2. The lowest BCUT2D eigenvalue weighted by Gasteiger charge is -2.45. The van der Waals surface area contributed by atoms with E-state index in [-0.39, 0.29) is 11.8 Å². The summed E-state index contributed by atoms with van der Waals surface area (Å²) < 4.78 is 2.02. The molecule has 2 fully saturated rings. The molecular formula is C15H22N4O2. The molecule has 6 nitrogen and oxygen atoms in total. The van der Waals surface area contributed by atoms with Gasteiger partial charge in [0, 0.05) is 25.5 Å². The van der Waals surface area contributed by atoms with Gasteiger partial charge in [-0.2, -0.15) is 0 Å². The van der Waals surface area contributed by atoms with Crippen LogP contribution < -0.4 is 5.32 Å². The smallest absolute Gasteiger partial charge is 0.246 e. The Morgan fingerprint density at radius 3 is 2.67 bits per heavy atom. The Hall–Kier alpha value is -1.85. The molecule has 1 aromatic heterocycles. The fourth-order valence-corrected chi connectivity index (χ4v) is 3.59. The molecule has 1 atom stereocenters. The molecule has 2 aliphatic rings. The van der Waals surface area contributed by atoms with Crippen molar-refractivity contribution in [1.82, 2.24) is 19.8 Å². The van der Waals surface area contributed by atoms with Gasteiger partial charge >= 0.3 is 0 Å². The highest BCUT2D eigenvalue weighted by Gasteiger charge is 2.52. The molecule has 6 heteroatoms. The van der Waals surface area contributed by atoms with Crippen molar-refractivity contribution < 1.29 is 9.59 Å². The second-order valence-corrected chi connectivity index (χ2v) is 6.09. The summed E-state index contributed by atoms with van der Waals surface area (Å²) in [6.07, 6.45) is 7.24. The second kappa shape index (κ2) is 5.16. The van der Waals surface area contributed by atoms with Crippen LogP contribution in [0.15, 0.2) is 12.4 Å². The quantitative estimate of drug-likeness (QED) is 0.897. The van der Waals surface area contributed by atoms with E-state index in [9.17, 15) is 9.59 Å². The molecule has 2 amide bonds. The Labute approximate surface area is 124 Å². The zero-order chi connectivity index (χ0) is 15.0. The maximum Gasteiger partial charge on any atom is 0.246 e. The first-order valence-electron chi connectivity index (χ1n) is 7.65. The minimum absolute atomic E-state index is 0.0226. The highest BCUT2D eigenvalue weighted by Crippen LogP contribution is 2.38. The maximum atomic E-state index is 12.6. The summed E-state index contributed by atoms with van der Waals surface area (Å²) in [5.41, 5.74) is -0.613. The molecule has 1 aliphatic carbocycles. The Kier molecular flexibility index (Phi) is 3.47. The van der Waals surface area contributed by atoms with Gasteiger partial charge in [-0.1, -0.05) is 12.8 Å². The van der Waals surface area contributed by atoms with Gasteiger partial charge in [-0.05, 0) is 26.7 Å². The Morgan fingerprint density at radius 1 is 1.33 bits per heavy atom. The minimum Gasteiger partial charge on any atom is -0.343 e. The molecule has 114 valence electrons. The van der Waals surface area contributed by atoms with Crippen molar-refractivity contribution in [2.75, 3.05) is 6.54 Å². The van der Waals surface area contributed by atoms with Gasteiger partial charge < -0.3 is 14.8 Å². The fraction of sp³-hybridized carbons (Fsp3) is 0.667. The maximum absolute atomic E-state index is 12.6. The summed E-state index contributed by atoms with van der Waals surface area (Å²) in [6.45, 7) is 4.95. The monoisotopic (exact) mass is 290 g/mol. The predicted octanol–water partition coefficient (Wildman–Crippen LogP) is 0.851. The van der Waals surface area contributed by atoms with Crippen LogP contribution in [-0.4, -0.2) is 44.4 Å². The number of carbonyl (C=O) groups excluding carboxylic acids is 2. The van der Waals surface area contributed by atoms with Crippen LogP contribution in [0.2, 0.25) is 0 Å². The van der Waals surface area contributed by atoms with E-state index in [0.29, 0.717) is 13.1 Å². The molecule has 1 unspecified atom stereocenters. The van der Waals surface area contributed by atoms with Gasteiger partial charge in [-0.25, -0.2) is 4.98 Å². The van der Waals surface area contributed by atoms with E-state index < -0.39 is 11.6 Å². The average molecular weight is 290 g/mol. The van der Waals surface area contributed by atoms with E-state index in [1.54, 1.807) is 13.1 Å². The molecule has 1 saturated heterocycles. The van der Waals surface area contributed by atoms with Crippen LogP contribution in [0.25, 0.3) is 0 Å². The molecule has 1 spiro atoms. The second-order valence-electron chi connectivity index (χ2n) is 6.09. The van der Waals surface area contributed by atoms with Gasteiger partial charge in [-0.3, -0.25) is 9.59 Å². The standard InChI is InChI=1S/C15H22N4O2/c1-11-13(20)19(10-9-18-8-7-16-12(18)2)15(14(21)17-11)5-3-4-6-15/h7-8,11H,3-6,9-10H2,1-2H3,(H,17,21). The Balaban J connectivity index is 1.83. The van der Waals surface area contributed by atoms with Crippen LogP contribution in [0.1, 0.15) is 38.4 Å². The average Bonchev–Trinajstić information content (AvgIpc) is 3.08. The minimum atomic E-state index is -0.613. The number of rotatable bonds is 3. The van der Waals surface area contributed by atoms with Crippen LogP contribution in [-0.2, 0) is 16.1 Å². The third kappa shape index (κ3) is 2.22. The van der Waals surface area contributed by atoms with Crippen molar-refractivity contribution in [2.45, 2.75) is 57.7 Å². The van der Waals surface area contributed by atoms with E-state index in [2.05, 4.69) is 10.3 Å². The van der Waals surface area contributed by atoms with E-state index in [4.69, 9.17) is 0 Å². The first-order chi connectivity index (χ1) is 10.0. The number of amides is 2. The van der Waals surface area contributed by atoms with Crippen molar-refractivity contribution in [3.05, 3.63) is 18.2 Å². The van der Waals surface area contributed by atoms with Crippen molar-refractivity contribution in [3.8, 4) is 0 Å². The normalized spacial score (nSPS) is 24.7. The van der Waals surface area contributed by atoms with Crippen molar-refractivity contribution in [1.29, 1.82) is 0 Å². The molecule has 3 rings (SSSR count). The van der Waals surface area contributed by atoms with Gasteiger partial charge in [0.25, 0.3) is 0 Å². The zero-order valence-corrected chi connectivity index (χ0v) is 12.6. The number of aryl methyl sites for hydroxylation is 1. The molecule has 0 radical (unpaired) electrons. The zero-order valence-electron chi connectivity index (χ0n) is 12.6. The molecule has 1 aliphatic heterocycles. The molecular weight excluding hydrogens is 268 g/mol. The van der Waals surface area contributed by atoms with Crippen molar-refractivity contribution in [2.24, 2.45) is 0 Å². The summed E-state index contributed by atoms with van der Waals surface area (Å²) >= 11 is 0. The Bertz CT molecular complexity index is 560. The van der Waals surface area contributed by atoms with Gasteiger partial charge in [-0.15, -0.1) is 0 Å². The molecule has 0 aromatic carbocycles. The molecule has 0 bridgehead atoms. The summed E-state index contributed by atoms with van der Waals surface area (Å²) in [5, 5.41) is 2.85. The van der Waals surface area contributed by atoms with E-state index in [0.717, 1.165) is 31.5 Å². The topological polar surface area (TPSA) is 67.2 Å².